The van der Waals surface area contributed by atoms with Gasteiger partial charge in [0.15, 0.2) is 0 Å². The molecule has 1 aromatic rings. The molecule has 1 N–H and O–H groups in total. The minimum Gasteiger partial charge on any atom is -0.314 e. The van der Waals surface area contributed by atoms with Crippen LogP contribution in [0.15, 0.2) is 18.2 Å². The third-order valence-electron chi connectivity index (χ3n) is 4.60. The minimum atomic E-state index is 0.685. The van der Waals surface area contributed by atoms with Crippen LogP contribution < -0.4 is 5.32 Å². The van der Waals surface area contributed by atoms with Crippen molar-refractivity contribution in [3.05, 3.63) is 34.9 Å². The van der Waals surface area contributed by atoms with Gasteiger partial charge in [-0.05, 0) is 74.1 Å². The Bertz CT molecular complexity index is 408. The summed E-state index contributed by atoms with van der Waals surface area (Å²) in [5, 5.41) is 3.70. The first-order chi connectivity index (χ1) is 9.70. The van der Waals surface area contributed by atoms with Gasteiger partial charge in [-0.3, -0.25) is 0 Å². The maximum Gasteiger partial charge on any atom is 0.00901 e. The number of benzene rings is 1. The predicted octanol–water partition coefficient (Wildman–Crippen LogP) is 4.52. The molecule has 1 nitrogen and oxygen atoms in total. The summed E-state index contributed by atoms with van der Waals surface area (Å²) in [5.41, 5.74) is 4.76. The average molecular weight is 273 g/mol. The number of hydrogen-bond donors (Lipinski definition) is 1. The first-order valence-corrected chi connectivity index (χ1v) is 8.54. The van der Waals surface area contributed by atoms with Gasteiger partial charge in [0.2, 0.25) is 0 Å². The molecule has 2 rings (SSSR count). The summed E-state index contributed by atoms with van der Waals surface area (Å²) < 4.78 is 0. The van der Waals surface area contributed by atoms with Gasteiger partial charge in [0.25, 0.3) is 0 Å². The van der Waals surface area contributed by atoms with E-state index < -0.39 is 0 Å². The smallest absolute Gasteiger partial charge is 0.00901 e. The molecule has 0 fully saturated rings. The second-order valence-electron chi connectivity index (χ2n) is 6.65. The van der Waals surface area contributed by atoms with Crippen molar-refractivity contribution in [2.75, 3.05) is 6.54 Å². The Morgan fingerprint density at radius 1 is 1.15 bits per heavy atom. The van der Waals surface area contributed by atoms with Gasteiger partial charge in [-0.1, -0.05) is 39.0 Å². The summed E-state index contributed by atoms with van der Waals surface area (Å²) in [5.74, 6) is 0.738. The van der Waals surface area contributed by atoms with Gasteiger partial charge < -0.3 is 5.32 Å². The van der Waals surface area contributed by atoms with Crippen LogP contribution in [0.2, 0.25) is 0 Å². The zero-order valence-corrected chi connectivity index (χ0v) is 13.5. The maximum absolute atomic E-state index is 3.70. The van der Waals surface area contributed by atoms with Crippen molar-refractivity contribution >= 4 is 0 Å². The number of fused-ring (bicyclic) bond motifs is 1. The minimum absolute atomic E-state index is 0.685. The molecule has 112 valence electrons. The summed E-state index contributed by atoms with van der Waals surface area (Å²) >= 11 is 0. The largest absolute Gasteiger partial charge is 0.314 e. The zero-order chi connectivity index (χ0) is 14.4. The first kappa shape index (κ1) is 15.6. The Hall–Kier alpha value is -0.820. The van der Waals surface area contributed by atoms with Gasteiger partial charge in [0.1, 0.15) is 0 Å². The van der Waals surface area contributed by atoms with Gasteiger partial charge in [-0.2, -0.15) is 0 Å². The van der Waals surface area contributed by atoms with Crippen LogP contribution in [0, 0.1) is 5.92 Å². The number of hydrogen-bond acceptors (Lipinski definition) is 1. The molecule has 0 aromatic heterocycles. The lowest BCUT2D eigenvalue weighted by Gasteiger charge is -2.22. The fourth-order valence-electron chi connectivity index (χ4n) is 3.31. The summed E-state index contributed by atoms with van der Waals surface area (Å²) in [6, 6.07) is 7.87. The monoisotopic (exact) mass is 273 g/mol. The van der Waals surface area contributed by atoms with E-state index in [1.54, 1.807) is 16.7 Å². The second-order valence-corrected chi connectivity index (χ2v) is 6.65. The van der Waals surface area contributed by atoms with Gasteiger partial charge in [-0.25, -0.2) is 0 Å². The normalized spacial score (nSPS) is 15.6. The van der Waals surface area contributed by atoms with Crippen LogP contribution in [0.1, 0.15) is 63.1 Å². The van der Waals surface area contributed by atoms with E-state index in [9.17, 15) is 0 Å². The first-order valence-electron chi connectivity index (χ1n) is 8.54. The molecule has 0 heterocycles. The predicted molar refractivity (Wildman–Crippen MR) is 88.3 cm³/mol. The highest BCUT2D eigenvalue weighted by Crippen LogP contribution is 2.23. The van der Waals surface area contributed by atoms with Gasteiger partial charge >= 0.3 is 0 Å². The molecule has 20 heavy (non-hydrogen) atoms. The molecule has 0 bridgehead atoms. The molecule has 1 heteroatoms. The lowest BCUT2D eigenvalue weighted by atomic mass is 9.95. The van der Waals surface area contributed by atoms with E-state index in [0.29, 0.717) is 6.04 Å². The molecule has 1 unspecified atom stereocenters. The van der Waals surface area contributed by atoms with Crippen molar-refractivity contribution in [1.29, 1.82) is 0 Å². The Balaban J connectivity index is 1.79. The molecular formula is C19H31N. The van der Waals surface area contributed by atoms with Crippen LogP contribution in [0.4, 0.5) is 0 Å². The Morgan fingerprint density at radius 3 is 2.70 bits per heavy atom. The molecule has 0 saturated heterocycles. The van der Waals surface area contributed by atoms with E-state index in [1.807, 2.05) is 0 Å². The van der Waals surface area contributed by atoms with Crippen molar-refractivity contribution in [2.45, 2.75) is 71.8 Å². The average Bonchev–Trinajstić information content (AvgIpc) is 2.89. The highest BCUT2D eigenvalue weighted by atomic mass is 14.9. The second kappa shape index (κ2) is 7.83. The molecule has 0 aliphatic heterocycles. The number of aryl methyl sites for hydroxylation is 3. The fraction of sp³-hybridized carbons (Fsp3) is 0.684. The van der Waals surface area contributed by atoms with Crippen LogP contribution in [0.3, 0.4) is 0 Å². The Morgan fingerprint density at radius 2 is 1.95 bits per heavy atom. The molecule has 1 aliphatic rings. The lowest BCUT2D eigenvalue weighted by molar-refractivity contribution is 0.370. The van der Waals surface area contributed by atoms with Crippen LogP contribution in [0.25, 0.3) is 0 Å². The summed E-state index contributed by atoms with van der Waals surface area (Å²) in [4.78, 5) is 0. The van der Waals surface area contributed by atoms with E-state index in [-0.39, 0.29) is 0 Å². The van der Waals surface area contributed by atoms with E-state index in [2.05, 4.69) is 44.3 Å². The molecule has 0 radical (unpaired) electrons. The van der Waals surface area contributed by atoms with Crippen LogP contribution in [-0.2, 0) is 19.3 Å². The Kier molecular flexibility index (Phi) is 6.09. The summed E-state index contributed by atoms with van der Waals surface area (Å²) in [6.07, 6.45) is 9.03. The number of rotatable bonds is 8. The van der Waals surface area contributed by atoms with Gasteiger partial charge in [0.05, 0.1) is 0 Å². The van der Waals surface area contributed by atoms with Crippen LogP contribution in [-0.4, -0.2) is 12.6 Å². The molecule has 0 amide bonds. The zero-order valence-electron chi connectivity index (χ0n) is 13.5. The van der Waals surface area contributed by atoms with E-state index in [1.165, 1.54) is 44.9 Å². The molecule has 1 aromatic carbocycles. The van der Waals surface area contributed by atoms with E-state index >= 15 is 0 Å². The Labute approximate surface area is 125 Å². The SMILES string of the molecule is CCCNC(CCCc1ccc2c(c1)CCC2)C(C)C. The van der Waals surface area contributed by atoms with Gasteiger partial charge in [-0.15, -0.1) is 0 Å². The van der Waals surface area contributed by atoms with Gasteiger partial charge in [0, 0.05) is 6.04 Å². The molecule has 0 spiro atoms. The summed E-state index contributed by atoms with van der Waals surface area (Å²) in [7, 11) is 0. The molecular weight excluding hydrogens is 242 g/mol. The number of nitrogens with one attached hydrogen (secondary N) is 1. The van der Waals surface area contributed by atoms with Crippen molar-refractivity contribution in [1.82, 2.24) is 5.32 Å². The van der Waals surface area contributed by atoms with Crippen LogP contribution >= 0.6 is 0 Å². The quantitative estimate of drug-likeness (QED) is 0.734. The third-order valence-corrected chi connectivity index (χ3v) is 4.60. The standard InChI is InChI=1S/C19H31N/c1-4-13-20-19(15(2)3)10-5-7-16-11-12-17-8-6-9-18(17)14-16/h11-12,14-15,19-20H,4-10,13H2,1-3H3. The highest BCUT2D eigenvalue weighted by molar-refractivity contribution is 5.35. The topological polar surface area (TPSA) is 12.0 Å². The lowest BCUT2D eigenvalue weighted by Crippen LogP contribution is -2.34. The van der Waals surface area contributed by atoms with Crippen molar-refractivity contribution in [3.8, 4) is 0 Å². The highest BCUT2D eigenvalue weighted by Gasteiger charge is 2.13. The van der Waals surface area contributed by atoms with Crippen molar-refractivity contribution in [2.24, 2.45) is 5.92 Å². The van der Waals surface area contributed by atoms with E-state index in [0.717, 1.165) is 12.5 Å². The van der Waals surface area contributed by atoms with Crippen LogP contribution in [0.5, 0.6) is 0 Å². The maximum atomic E-state index is 3.70. The third kappa shape index (κ3) is 4.34. The summed E-state index contributed by atoms with van der Waals surface area (Å²) in [6.45, 7) is 8.07. The van der Waals surface area contributed by atoms with Crippen molar-refractivity contribution in [3.63, 3.8) is 0 Å². The van der Waals surface area contributed by atoms with E-state index in [4.69, 9.17) is 0 Å². The molecule has 0 saturated carbocycles. The molecule has 1 atom stereocenters. The molecule has 1 aliphatic carbocycles. The fourth-order valence-corrected chi connectivity index (χ4v) is 3.31. The van der Waals surface area contributed by atoms with Crippen molar-refractivity contribution < 1.29 is 0 Å².